The number of piperidine rings is 1. The summed E-state index contributed by atoms with van der Waals surface area (Å²) in [7, 11) is 2.23. The summed E-state index contributed by atoms with van der Waals surface area (Å²) in [5, 5.41) is 3.44. The lowest BCUT2D eigenvalue weighted by Crippen LogP contribution is -2.26. The van der Waals surface area contributed by atoms with Gasteiger partial charge in [-0.05, 0) is 64.0 Å². The van der Waals surface area contributed by atoms with Crippen LogP contribution >= 0.6 is 0 Å². The molecule has 3 nitrogen and oxygen atoms in total. The van der Waals surface area contributed by atoms with Gasteiger partial charge in [0.2, 0.25) is 0 Å². The number of aryl methyl sites for hydroxylation is 1. The third-order valence-corrected chi connectivity index (χ3v) is 4.20. The van der Waals surface area contributed by atoms with Crippen molar-refractivity contribution in [1.29, 1.82) is 0 Å². The normalized spacial score (nSPS) is 23.4. The second-order valence-electron chi connectivity index (χ2n) is 5.59. The van der Waals surface area contributed by atoms with E-state index in [0.717, 1.165) is 12.5 Å². The summed E-state index contributed by atoms with van der Waals surface area (Å²) in [6.07, 6.45) is 5.09. The molecule has 3 rings (SSSR count). The van der Waals surface area contributed by atoms with Crippen LogP contribution in [0.3, 0.4) is 0 Å². The first-order valence-electron chi connectivity index (χ1n) is 6.93. The molecule has 1 saturated heterocycles. The summed E-state index contributed by atoms with van der Waals surface area (Å²) in [6, 6.07) is 2.44. The maximum atomic E-state index is 3.71. The molecule has 1 fully saturated rings. The average molecular weight is 233 g/mol. The van der Waals surface area contributed by atoms with E-state index in [1.165, 1.54) is 56.7 Å². The monoisotopic (exact) mass is 233 g/mol. The number of aromatic nitrogens is 1. The van der Waals surface area contributed by atoms with E-state index in [0.29, 0.717) is 0 Å². The van der Waals surface area contributed by atoms with E-state index in [9.17, 15) is 0 Å². The van der Waals surface area contributed by atoms with Gasteiger partial charge in [0, 0.05) is 23.9 Å². The molecular weight excluding hydrogens is 210 g/mol. The van der Waals surface area contributed by atoms with Gasteiger partial charge in [-0.15, -0.1) is 0 Å². The molecule has 2 N–H and O–H groups in total. The van der Waals surface area contributed by atoms with Crippen molar-refractivity contribution in [1.82, 2.24) is 15.2 Å². The molecule has 3 heterocycles. The molecule has 94 valence electrons. The van der Waals surface area contributed by atoms with Crippen LogP contribution in [0.5, 0.6) is 0 Å². The van der Waals surface area contributed by atoms with Crippen molar-refractivity contribution in [3.05, 3.63) is 23.0 Å². The number of H-pyrrole nitrogens is 1. The van der Waals surface area contributed by atoms with E-state index in [-0.39, 0.29) is 0 Å². The van der Waals surface area contributed by atoms with E-state index in [1.54, 1.807) is 5.56 Å². The molecular formula is C14H23N3. The first-order chi connectivity index (χ1) is 8.33. The lowest BCUT2D eigenvalue weighted by molar-refractivity contribution is 0.332. The van der Waals surface area contributed by atoms with Crippen LogP contribution in [0.15, 0.2) is 6.07 Å². The van der Waals surface area contributed by atoms with Crippen molar-refractivity contribution < 1.29 is 0 Å². The highest BCUT2D eigenvalue weighted by Gasteiger charge is 2.20. The molecule has 0 bridgehead atoms. The topological polar surface area (TPSA) is 31.1 Å². The molecule has 0 spiro atoms. The summed E-state index contributed by atoms with van der Waals surface area (Å²) in [5.74, 6) is 0.758. The Labute approximate surface area is 104 Å². The third kappa shape index (κ3) is 2.40. The van der Waals surface area contributed by atoms with Crippen LogP contribution in [-0.2, 0) is 13.0 Å². The van der Waals surface area contributed by atoms with Crippen LogP contribution in [0.2, 0.25) is 0 Å². The Morgan fingerprint density at radius 3 is 2.94 bits per heavy atom. The number of rotatable bonds is 1. The largest absolute Gasteiger partial charge is 0.362 e. The zero-order valence-electron chi connectivity index (χ0n) is 10.8. The number of nitrogens with one attached hydrogen (secondary N) is 2. The second-order valence-corrected chi connectivity index (χ2v) is 5.59. The summed E-state index contributed by atoms with van der Waals surface area (Å²) in [6.45, 7) is 4.70. The number of nitrogens with zero attached hydrogens (tertiary/aromatic N) is 1. The molecule has 1 aromatic heterocycles. The molecule has 0 radical (unpaired) electrons. The predicted molar refractivity (Wildman–Crippen MR) is 70.3 cm³/mol. The summed E-state index contributed by atoms with van der Waals surface area (Å²) in [4.78, 5) is 6.15. The number of fused-ring (bicyclic) bond motifs is 1. The van der Waals surface area contributed by atoms with Crippen molar-refractivity contribution in [3.8, 4) is 0 Å². The molecule has 1 aromatic rings. The highest BCUT2D eigenvalue weighted by Crippen LogP contribution is 2.28. The van der Waals surface area contributed by atoms with Gasteiger partial charge >= 0.3 is 0 Å². The molecule has 2 aliphatic heterocycles. The predicted octanol–water partition coefficient (Wildman–Crippen LogP) is 1.86. The molecule has 0 saturated carbocycles. The van der Waals surface area contributed by atoms with Gasteiger partial charge in [-0.2, -0.15) is 0 Å². The fourth-order valence-electron chi connectivity index (χ4n) is 3.18. The summed E-state index contributed by atoms with van der Waals surface area (Å²) in [5.41, 5.74) is 4.54. The van der Waals surface area contributed by atoms with E-state index in [4.69, 9.17) is 0 Å². The first kappa shape index (κ1) is 11.3. The number of hydrogen-bond donors (Lipinski definition) is 2. The van der Waals surface area contributed by atoms with E-state index in [1.807, 2.05) is 0 Å². The van der Waals surface area contributed by atoms with E-state index >= 15 is 0 Å². The quantitative estimate of drug-likeness (QED) is 0.776. The highest BCUT2D eigenvalue weighted by molar-refractivity contribution is 5.29. The molecule has 17 heavy (non-hydrogen) atoms. The van der Waals surface area contributed by atoms with Gasteiger partial charge in [-0.25, -0.2) is 0 Å². The minimum atomic E-state index is 0.758. The van der Waals surface area contributed by atoms with Gasteiger partial charge in [0.25, 0.3) is 0 Å². The average Bonchev–Trinajstić information content (AvgIpc) is 2.66. The van der Waals surface area contributed by atoms with Crippen molar-refractivity contribution >= 4 is 0 Å². The minimum Gasteiger partial charge on any atom is -0.362 e. The lowest BCUT2D eigenvalue weighted by atomic mass is 9.94. The molecule has 0 amide bonds. The van der Waals surface area contributed by atoms with E-state index < -0.39 is 0 Å². The molecule has 0 aromatic carbocycles. The zero-order valence-corrected chi connectivity index (χ0v) is 10.8. The van der Waals surface area contributed by atoms with Gasteiger partial charge in [0.05, 0.1) is 0 Å². The van der Waals surface area contributed by atoms with Gasteiger partial charge in [0.1, 0.15) is 0 Å². The maximum absolute atomic E-state index is 3.71. The Morgan fingerprint density at radius 2 is 2.12 bits per heavy atom. The van der Waals surface area contributed by atoms with Crippen molar-refractivity contribution in [2.45, 2.75) is 38.1 Å². The van der Waals surface area contributed by atoms with Crippen molar-refractivity contribution in [2.75, 3.05) is 26.7 Å². The Morgan fingerprint density at radius 1 is 1.29 bits per heavy atom. The maximum Gasteiger partial charge on any atom is 0.0248 e. The second kappa shape index (κ2) is 4.83. The highest BCUT2D eigenvalue weighted by atomic mass is 15.1. The van der Waals surface area contributed by atoms with Gasteiger partial charge in [-0.1, -0.05) is 0 Å². The first-order valence-corrected chi connectivity index (χ1v) is 6.93. The van der Waals surface area contributed by atoms with Crippen LogP contribution in [0.4, 0.5) is 0 Å². The van der Waals surface area contributed by atoms with Gasteiger partial charge in [-0.3, -0.25) is 0 Å². The van der Waals surface area contributed by atoms with Crippen LogP contribution in [0.1, 0.15) is 42.1 Å². The van der Waals surface area contributed by atoms with Crippen LogP contribution in [0, 0.1) is 0 Å². The van der Waals surface area contributed by atoms with Crippen LogP contribution in [0.25, 0.3) is 0 Å². The molecule has 2 aliphatic rings. The third-order valence-electron chi connectivity index (χ3n) is 4.20. The van der Waals surface area contributed by atoms with E-state index in [2.05, 4.69) is 28.3 Å². The molecule has 0 atom stereocenters. The fourth-order valence-corrected chi connectivity index (χ4v) is 3.18. The van der Waals surface area contributed by atoms with Crippen LogP contribution < -0.4 is 5.32 Å². The Kier molecular flexibility index (Phi) is 3.21. The molecule has 3 heteroatoms. The number of aromatic amines is 1. The van der Waals surface area contributed by atoms with Crippen LogP contribution in [-0.4, -0.2) is 36.6 Å². The Hall–Kier alpha value is -0.800. The Bertz CT molecular complexity index is 377. The number of hydrogen-bond acceptors (Lipinski definition) is 2. The minimum absolute atomic E-state index is 0.758. The molecule has 0 aliphatic carbocycles. The smallest absolute Gasteiger partial charge is 0.0248 e. The molecule has 0 unspecified atom stereocenters. The zero-order chi connectivity index (χ0) is 11.7. The summed E-state index contributed by atoms with van der Waals surface area (Å²) >= 11 is 0. The summed E-state index contributed by atoms with van der Waals surface area (Å²) < 4.78 is 0. The van der Waals surface area contributed by atoms with Crippen molar-refractivity contribution in [3.63, 3.8) is 0 Å². The van der Waals surface area contributed by atoms with Gasteiger partial charge in [0.15, 0.2) is 0 Å². The Balaban J connectivity index is 1.80. The standard InChI is InChI=1S/C14H23N3/c1-17-8-2-3-13-12(10-17)9-14(16-13)11-4-6-15-7-5-11/h9,11,15-16H,2-8,10H2,1H3. The SMILES string of the molecule is CN1CCCc2[nH]c(C3CCNCC3)cc2C1. The fraction of sp³-hybridized carbons (Fsp3) is 0.714. The van der Waals surface area contributed by atoms with Crippen molar-refractivity contribution in [2.24, 2.45) is 0 Å². The lowest BCUT2D eigenvalue weighted by Gasteiger charge is -2.21. The van der Waals surface area contributed by atoms with Gasteiger partial charge < -0.3 is 15.2 Å².